The van der Waals surface area contributed by atoms with Gasteiger partial charge >= 0.3 is 0 Å². The number of benzene rings is 1. The fraction of sp³-hybridized carbons (Fsp3) is 0.600. The Morgan fingerprint density at radius 3 is 2.59 bits per heavy atom. The minimum atomic E-state index is 0.751. The largest absolute Gasteiger partial charge is 0.383 e. The van der Waals surface area contributed by atoms with Crippen LogP contribution in [0.4, 0.5) is 5.69 Å². The van der Waals surface area contributed by atoms with E-state index in [1.807, 2.05) is 0 Å². The zero-order valence-electron chi connectivity index (χ0n) is 10.2. The molecule has 1 aliphatic carbocycles. The minimum Gasteiger partial charge on any atom is -0.383 e. The number of anilines is 1. The number of hydrogen-bond acceptors (Lipinski definition) is 1. The molecule has 1 N–H and O–H groups in total. The van der Waals surface area contributed by atoms with E-state index in [2.05, 4.69) is 39.4 Å². The summed E-state index contributed by atoms with van der Waals surface area (Å²) in [6.07, 6.45) is 8.62. The molecule has 92 valence electrons. The second-order valence-corrected chi connectivity index (χ2v) is 6.30. The first-order valence-electron chi connectivity index (χ1n) is 6.88. The Balaban J connectivity index is 1.84. The molecule has 0 spiro atoms. The third-order valence-corrected chi connectivity index (χ3v) is 5.07. The van der Waals surface area contributed by atoms with Gasteiger partial charge in [-0.25, -0.2) is 0 Å². The first-order chi connectivity index (χ1) is 8.36. The summed E-state index contributed by atoms with van der Waals surface area (Å²) < 4.78 is 1.23. The Bertz CT molecular complexity index is 394. The molecule has 0 radical (unpaired) electrons. The topological polar surface area (TPSA) is 12.0 Å². The highest BCUT2D eigenvalue weighted by Crippen LogP contribution is 2.44. The first-order valence-corrected chi connectivity index (χ1v) is 7.68. The van der Waals surface area contributed by atoms with Crippen LogP contribution in [-0.2, 0) is 0 Å². The van der Waals surface area contributed by atoms with Crippen molar-refractivity contribution in [3.05, 3.63) is 28.2 Å². The molecule has 0 saturated heterocycles. The van der Waals surface area contributed by atoms with Gasteiger partial charge in [0.15, 0.2) is 0 Å². The van der Waals surface area contributed by atoms with E-state index in [-0.39, 0.29) is 0 Å². The Hall–Kier alpha value is -0.500. The van der Waals surface area contributed by atoms with E-state index in [0.29, 0.717) is 0 Å². The normalized spacial score (nSPS) is 25.1. The van der Waals surface area contributed by atoms with Gasteiger partial charge in [-0.15, -0.1) is 0 Å². The lowest BCUT2D eigenvalue weighted by Gasteiger charge is -2.21. The van der Waals surface area contributed by atoms with Crippen LogP contribution in [0.5, 0.6) is 0 Å². The molecule has 3 rings (SSSR count). The SMILES string of the molecule is Brc1cccc2c1NCC2C1CCCCCC1. The zero-order valence-corrected chi connectivity index (χ0v) is 11.8. The van der Waals surface area contributed by atoms with E-state index in [4.69, 9.17) is 0 Å². The quantitative estimate of drug-likeness (QED) is 0.724. The molecule has 1 saturated carbocycles. The number of fused-ring (bicyclic) bond motifs is 1. The lowest BCUT2D eigenvalue weighted by molar-refractivity contribution is 0.394. The molecule has 1 aromatic rings. The van der Waals surface area contributed by atoms with Crippen LogP contribution in [0.25, 0.3) is 0 Å². The predicted octanol–water partition coefficient (Wildman–Crippen LogP) is 4.93. The molecule has 1 aromatic carbocycles. The van der Waals surface area contributed by atoms with Crippen molar-refractivity contribution in [2.45, 2.75) is 44.4 Å². The van der Waals surface area contributed by atoms with E-state index in [1.54, 1.807) is 5.56 Å². The van der Waals surface area contributed by atoms with Crippen LogP contribution in [0.1, 0.15) is 50.0 Å². The summed E-state index contributed by atoms with van der Waals surface area (Å²) in [4.78, 5) is 0. The zero-order chi connectivity index (χ0) is 11.7. The van der Waals surface area contributed by atoms with E-state index >= 15 is 0 Å². The molecule has 0 amide bonds. The molecule has 0 aromatic heterocycles. The number of halogens is 1. The molecule has 1 heterocycles. The second kappa shape index (κ2) is 5.01. The smallest absolute Gasteiger partial charge is 0.0521 e. The van der Waals surface area contributed by atoms with Crippen molar-refractivity contribution in [2.24, 2.45) is 5.92 Å². The second-order valence-electron chi connectivity index (χ2n) is 5.44. The van der Waals surface area contributed by atoms with Crippen molar-refractivity contribution in [3.8, 4) is 0 Å². The average molecular weight is 294 g/mol. The van der Waals surface area contributed by atoms with Crippen LogP contribution in [0.15, 0.2) is 22.7 Å². The summed E-state index contributed by atoms with van der Waals surface area (Å²) in [5.74, 6) is 1.65. The maximum Gasteiger partial charge on any atom is 0.0521 e. The molecular formula is C15H20BrN. The van der Waals surface area contributed by atoms with E-state index < -0.39 is 0 Å². The number of nitrogens with one attached hydrogen (secondary N) is 1. The van der Waals surface area contributed by atoms with Gasteiger partial charge in [-0.2, -0.15) is 0 Å². The standard InChI is InChI=1S/C15H20BrN/c16-14-9-5-8-12-13(10-17-15(12)14)11-6-3-1-2-4-7-11/h5,8-9,11,13,17H,1-4,6-7,10H2. The number of rotatable bonds is 1. The molecule has 2 aliphatic rings. The minimum absolute atomic E-state index is 0.751. The average Bonchev–Trinajstić information content (AvgIpc) is 2.59. The van der Waals surface area contributed by atoms with Crippen LogP contribution in [0, 0.1) is 5.92 Å². The highest BCUT2D eigenvalue weighted by Gasteiger charge is 2.30. The fourth-order valence-electron chi connectivity index (χ4n) is 3.49. The highest BCUT2D eigenvalue weighted by molar-refractivity contribution is 9.10. The lowest BCUT2D eigenvalue weighted by atomic mass is 9.83. The molecule has 1 aliphatic heterocycles. The van der Waals surface area contributed by atoms with Crippen LogP contribution in [0.3, 0.4) is 0 Å². The summed E-state index contributed by atoms with van der Waals surface area (Å²) in [7, 11) is 0. The van der Waals surface area contributed by atoms with E-state index in [0.717, 1.165) is 18.4 Å². The fourth-order valence-corrected chi connectivity index (χ4v) is 4.01. The third-order valence-electron chi connectivity index (χ3n) is 4.41. The molecule has 17 heavy (non-hydrogen) atoms. The Morgan fingerprint density at radius 1 is 1.06 bits per heavy atom. The Labute approximate surface area is 112 Å². The van der Waals surface area contributed by atoms with Crippen LogP contribution >= 0.6 is 15.9 Å². The molecule has 2 heteroatoms. The lowest BCUT2D eigenvalue weighted by Crippen LogP contribution is -2.14. The summed E-state index contributed by atoms with van der Waals surface area (Å²) >= 11 is 3.65. The van der Waals surface area contributed by atoms with Gasteiger partial charge in [0.25, 0.3) is 0 Å². The van der Waals surface area contributed by atoms with Crippen molar-refractivity contribution in [3.63, 3.8) is 0 Å². The van der Waals surface area contributed by atoms with Crippen LogP contribution in [-0.4, -0.2) is 6.54 Å². The summed E-state index contributed by atoms with van der Waals surface area (Å²) in [6.45, 7) is 1.14. The Kier molecular flexibility index (Phi) is 3.41. The highest BCUT2D eigenvalue weighted by atomic mass is 79.9. The van der Waals surface area contributed by atoms with Gasteiger partial charge < -0.3 is 5.32 Å². The molecule has 1 nitrogen and oxygen atoms in total. The van der Waals surface area contributed by atoms with Gasteiger partial charge in [0.1, 0.15) is 0 Å². The molecule has 1 atom stereocenters. The summed E-state index contributed by atoms with van der Waals surface area (Å²) in [5, 5.41) is 3.59. The first kappa shape index (κ1) is 11.6. The Morgan fingerprint density at radius 2 is 1.82 bits per heavy atom. The van der Waals surface area contributed by atoms with Crippen molar-refractivity contribution < 1.29 is 0 Å². The van der Waals surface area contributed by atoms with E-state index in [9.17, 15) is 0 Å². The monoisotopic (exact) mass is 293 g/mol. The van der Waals surface area contributed by atoms with Crippen LogP contribution < -0.4 is 5.32 Å². The summed E-state index contributed by atoms with van der Waals surface area (Å²) in [6, 6.07) is 6.64. The summed E-state index contributed by atoms with van der Waals surface area (Å²) in [5.41, 5.74) is 2.90. The van der Waals surface area contributed by atoms with Crippen LogP contribution in [0.2, 0.25) is 0 Å². The maximum atomic E-state index is 3.65. The van der Waals surface area contributed by atoms with Gasteiger partial charge in [0, 0.05) is 16.9 Å². The van der Waals surface area contributed by atoms with E-state index in [1.165, 1.54) is 48.7 Å². The predicted molar refractivity (Wildman–Crippen MR) is 76.6 cm³/mol. The van der Waals surface area contributed by atoms with Gasteiger partial charge in [0.2, 0.25) is 0 Å². The number of hydrogen-bond donors (Lipinski definition) is 1. The van der Waals surface area contributed by atoms with Gasteiger partial charge in [-0.1, -0.05) is 37.8 Å². The molecule has 0 bridgehead atoms. The van der Waals surface area contributed by atoms with Gasteiger partial charge in [-0.05, 0) is 46.3 Å². The van der Waals surface area contributed by atoms with Crippen molar-refractivity contribution in [2.75, 3.05) is 11.9 Å². The van der Waals surface area contributed by atoms with Crippen molar-refractivity contribution >= 4 is 21.6 Å². The molecule has 1 unspecified atom stereocenters. The van der Waals surface area contributed by atoms with Gasteiger partial charge in [0.05, 0.1) is 5.69 Å². The van der Waals surface area contributed by atoms with Crippen molar-refractivity contribution in [1.82, 2.24) is 0 Å². The van der Waals surface area contributed by atoms with Crippen molar-refractivity contribution in [1.29, 1.82) is 0 Å². The number of para-hydroxylation sites is 1. The molecule has 1 fully saturated rings. The third kappa shape index (κ3) is 2.24. The maximum absolute atomic E-state index is 3.65. The molecular weight excluding hydrogens is 274 g/mol. The van der Waals surface area contributed by atoms with Gasteiger partial charge in [-0.3, -0.25) is 0 Å².